The summed E-state index contributed by atoms with van der Waals surface area (Å²) in [5, 5.41) is 0. The van der Waals surface area contributed by atoms with Crippen LogP contribution in [-0.2, 0) is 0 Å². The van der Waals surface area contributed by atoms with Gasteiger partial charge in [0.2, 0.25) is 0 Å². The topological polar surface area (TPSA) is 0 Å². The zero-order chi connectivity index (χ0) is 9.61. The van der Waals surface area contributed by atoms with Crippen LogP contribution in [0.4, 0.5) is 0 Å². The molecule has 0 aromatic heterocycles. The Balaban J connectivity index is 0.000000217. The molecule has 0 atom stereocenters. The van der Waals surface area contributed by atoms with Gasteiger partial charge in [0.05, 0.1) is 0 Å². The van der Waals surface area contributed by atoms with Gasteiger partial charge in [0.1, 0.15) is 0 Å². The van der Waals surface area contributed by atoms with Gasteiger partial charge < -0.3 is 0 Å². The van der Waals surface area contributed by atoms with Crippen molar-refractivity contribution in [3.8, 4) is 0 Å². The normalized spacial score (nSPS) is 10.1. The van der Waals surface area contributed by atoms with Crippen molar-refractivity contribution in [1.29, 1.82) is 0 Å². The van der Waals surface area contributed by atoms with Gasteiger partial charge in [-0.3, -0.25) is 0 Å². The molecule has 1 heteroatoms. The van der Waals surface area contributed by atoms with Crippen LogP contribution < -0.4 is 0 Å². The lowest BCUT2D eigenvalue weighted by molar-refractivity contribution is 0.469. The minimum absolute atomic E-state index is 0.500. The van der Waals surface area contributed by atoms with Gasteiger partial charge in [0, 0.05) is 4.47 Å². The average Bonchev–Trinajstić information content (AvgIpc) is 1.85. The fraction of sp³-hybridized carbons (Fsp3) is 0.455. The summed E-state index contributed by atoms with van der Waals surface area (Å²) in [5.41, 5.74) is 0.500. The number of hydrogen-bond donors (Lipinski definition) is 0. The third-order valence-electron chi connectivity index (χ3n) is 0.733. The van der Waals surface area contributed by atoms with Crippen molar-refractivity contribution in [1.82, 2.24) is 0 Å². The minimum Gasteiger partial charge on any atom is -0.0622 e. The molecular weight excluding hydrogens is 212 g/mol. The average molecular weight is 229 g/mol. The van der Waals surface area contributed by atoms with Crippen LogP contribution in [0.15, 0.2) is 34.8 Å². The summed E-state index contributed by atoms with van der Waals surface area (Å²) in [5.74, 6) is 0. The molecule has 0 fully saturated rings. The molecule has 1 rings (SSSR count). The maximum atomic E-state index is 3.31. The van der Waals surface area contributed by atoms with E-state index in [2.05, 4.69) is 43.6 Å². The molecule has 0 unspecified atom stereocenters. The number of halogens is 1. The van der Waals surface area contributed by atoms with Crippen molar-refractivity contribution in [3.63, 3.8) is 0 Å². The Morgan fingerprint density at radius 3 is 1.42 bits per heavy atom. The van der Waals surface area contributed by atoms with E-state index in [0.29, 0.717) is 5.41 Å². The van der Waals surface area contributed by atoms with E-state index in [1.807, 2.05) is 30.3 Å². The Morgan fingerprint density at radius 1 is 0.917 bits per heavy atom. The lowest BCUT2D eigenvalue weighted by Crippen LogP contribution is -1.93. The maximum absolute atomic E-state index is 3.31. The van der Waals surface area contributed by atoms with Crippen molar-refractivity contribution in [2.24, 2.45) is 5.41 Å². The molecule has 0 N–H and O–H groups in total. The number of hydrogen-bond acceptors (Lipinski definition) is 0. The van der Waals surface area contributed by atoms with Gasteiger partial charge in [-0.2, -0.15) is 0 Å². The molecule has 0 saturated heterocycles. The maximum Gasteiger partial charge on any atom is 0.0175 e. The lowest BCUT2D eigenvalue weighted by atomic mass is 10.0. The first-order valence-electron chi connectivity index (χ1n) is 4.10. The predicted molar refractivity (Wildman–Crippen MR) is 59.3 cm³/mol. The molecule has 1 aromatic carbocycles. The van der Waals surface area contributed by atoms with Crippen molar-refractivity contribution in [2.45, 2.75) is 27.7 Å². The van der Waals surface area contributed by atoms with Gasteiger partial charge >= 0.3 is 0 Å². The third-order valence-corrected chi connectivity index (χ3v) is 1.26. The SMILES string of the molecule is Brc1ccccc1.CC(C)(C)C. The summed E-state index contributed by atoms with van der Waals surface area (Å²) < 4.78 is 1.13. The van der Waals surface area contributed by atoms with Gasteiger partial charge in [-0.25, -0.2) is 0 Å². The zero-order valence-corrected chi connectivity index (χ0v) is 9.85. The first-order valence-corrected chi connectivity index (χ1v) is 4.89. The van der Waals surface area contributed by atoms with Crippen molar-refractivity contribution in [3.05, 3.63) is 34.8 Å². The summed E-state index contributed by atoms with van der Waals surface area (Å²) in [6.45, 7) is 8.75. The molecule has 12 heavy (non-hydrogen) atoms. The highest BCUT2D eigenvalue weighted by Gasteiger charge is 1.95. The van der Waals surface area contributed by atoms with E-state index in [4.69, 9.17) is 0 Å². The monoisotopic (exact) mass is 228 g/mol. The Labute approximate surface area is 84.1 Å². The smallest absolute Gasteiger partial charge is 0.0175 e. The van der Waals surface area contributed by atoms with E-state index < -0.39 is 0 Å². The fourth-order valence-corrected chi connectivity index (χ4v) is 0.720. The molecule has 0 spiro atoms. The fourth-order valence-electron chi connectivity index (χ4n) is 0.415. The molecule has 0 heterocycles. The quantitative estimate of drug-likeness (QED) is 0.614. The van der Waals surface area contributed by atoms with Gasteiger partial charge in [-0.1, -0.05) is 61.8 Å². The standard InChI is InChI=1S/C6H5Br.C5H12/c7-6-4-2-1-3-5-6;1-5(2,3)4/h1-5H;1-4H3. The van der Waals surface area contributed by atoms with Crippen molar-refractivity contribution in [2.75, 3.05) is 0 Å². The molecule has 68 valence electrons. The van der Waals surface area contributed by atoms with Crippen LogP contribution in [0.1, 0.15) is 27.7 Å². The van der Waals surface area contributed by atoms with Crippen LogP contribution in [-0.4, -0.2) is 0 Å². The summed E-state index contributed by atoms with van der Waals surface area (Å²) in [7, 11) is 0. The van der Waals surface area contributed by atoms with E-state index in [1.165, 1.54) is 0 Å². The first-order chi connectivity index (χ1) is 5.39. The summed E-state index contributed by atoms with van der Waals surface area (Å²) in [4.78, 5) is 0. The second-order valence-corrected chi connectivity index (χ2v) is 5.21. The highest BCUT2D eigenvalue weighted by molar-refractivity contribution is 9.10. The second kappa shape index (κ2) is 5.36. The molecular formula is C11H17Br. The second-order valence-electron chi connectivity index (χ2n) is 4.30. The Bertz CT molecular complexity index is 190. The molecule has 0 aliphatic heterocycles. The van der Waals surface area contributed by atoms with Crippen LogP contribution in [0.25, 0.3) is 0 Å². The highest BCUT2D eigenvalue weighted by atomic mass is 79.9. The minimum atomic E-state index is 0.500. The largest absolute Gasteiger partial charge is 0.0622 e. The molecule has 0 bridgehead atoms. The summed E-state index contributed by atoms with van der Waals surface area (Å²) in [6.07, 6.45) is 0. The molecule has 0 radical (unpaired) electrons. The molecule has 0 saturated carbocycles. The third kappa shape index (κ3) is 12.4. The van der Waals surface area contributed by atoms with Crippen LogP contribution >= 0.6 is 15.9 Å². The Hall–Kier alpha value is -0.300. The molecule has 0 aliphatic carbocycles. The number of benzene rings is 1. The van der Waals surface area contributed by atoms with E-state index in [9.17, 15) is 0 Å². The van der Waals surface area contributed by atoms with E-state index in [1.54, 1.807) is 0 Å². The zero-order valence-electron chi connectivity index (χ0n) is 8.26. The number of rotatable bonds is 0. The molecule has 0 nitrogen and oxygen atoms in total. The Morgan fingerprint density at radius 2 is 1.25 bits per heavy atom. The van der Waals surface area contributed by atoms with Crippen LogP contribution in [0.2, 0.25) is 0 Å². The van der Waals surface area contributed by atoms with Crippen LogP contribution in [0.3, 0.4) is 0 Å². The van der Waals surface area contributed by atoms with E-state index in [-0.39, 0.29) is 0 Å². The van der Waals surface area contributed by atoms with Gasteiger partial charge in [0.25, 0.3) is 0 Å². The molecule has 1 aromatic rings. The summed E-state index contributed by atoms with van der Waals surface area (Å²) in [6, 6.07) is 9.97. The van der Waals surface area contributed by atoms with E-state index >= 15 is 0 Å². The van der Waals surface area contributed by atoms with E-state index in [0.717, 1.165) is 4.47 Å². The van der Waals surface area contributed by atoms with Gasteiger partial charge in [-0.05, 0) is 17.5 Å². The van der Waals surface area contributed by atoms with Gasteiger partial charge in [-0.15, -0.1) is 0 Å². The molecule has 0 amide bonds. The highest BCUT2D eigenvalue weighted by Crippen LogP contribution is 2.08. The Kier molecular flexibility index (Phi) is 5.23. The van der Waals surface area contributed by atoms with Gasteiger partial charge in [0.15, 0.2) is 0 Å². The first kappa shape index (κ1) is 11.7. The predicted octanol–water partition coefficient (Wildman–Crippen LogP) is 4.50. The van der Waals surface area contributed by atoms with Crippen molar-refractivity contribution < 1.29 is 0 Å². The van der Waals surface area contributed by atoms with Crippen LogP contribution in [0, 0.1) is 5.41 Å². The van der Waals surface area contributed by atoms with Crippen molar-refractivity contribution >= 4 is 15.9 Å². The lowest BCUT2D eigenvalue weighted by Gasteiger charge is -2.05. The molecule has 0 aliphatic rings. The summed E-state index contributed by atoms with van der Waals surface area (Å²) >= 11 is 3.31. The van der Waals surface area contributed by atoms with Crippen LogP contribution in [0.5, 0.6) is 0 Å².